The van der Waals surface area contributed by atoms with Crippen molar-refractivity contribution in [2.24, 2.45) is 5.73 Å². The van der Waals surface area contributed by atoms with Gasteiger partial charge in [-0.3, -0.25) is 4.79 Å². The molecule has 3 nitrogen and oxygen atoms in total. The van der Waals surface area contributed by atoms with E-state index in [4.69, 9.17) is 5.73 Å². The Morgan fingerprint density at radius 3 is 2.39 bits per heavy atom. The number of halogens is 5. The van der Waals surface area contributed by atoms with E-state index in [-0.39, 0.29) is 12.4 Å². The Hall–Kier alpha value is -1.34. The van der Waals surface area contributed by atoms with E-state index in [1.165, 1.54) is 0 Å². The Balaban J connectivity index is 0.00000289. The second kappa shape index (κ2) is 6.01. The summed E-state index contributed by atoms with van der Waals surface area (Å²) in [5, 5.41) is 0. The molecule has 0 unspecified atom stereocenters. The van der Waals surface area contributed by atoms with Gasteiger partial charge in [0.25, 0.3) is 0 Å². The first-order chi connectivity index (χ1) is 7.79. The first-order valence-corrected chi connectivity index (χ1v) is 4.48. The van der Waals surface area contributed by atoms with Crippen LogP contribution in [0.2, 0.25) is 0 Å². The molecule has 0 aliphatic heterocycles. The first kappa shape index (κ1) is 16.7. The molecule has 8 heteroatoms. The molecule has 0 heterocycles. The van der Waals surface area contributed by atoms with Crippen molar-refractivity contribution in [3.8, 4) is 0 Å². The molecule has 0 aliphatic carbocycles. The number of alkyl halides is 3. The SMILES string of the molecule is COC(=O)[C@H](N)c1c(F)cccc1C(F)(F)F.Cl. The third-order valence-electron chi connectivity index (χ3n) is 2.12. The number of rotatable bonds is 2. The van der Waals surface area contributed by atoms with E-state index in [0.29, 0.717) is 6.07 Å². The average molecular weight is 288 g/mol. The Labute approximate surface area is 106 Å². The molecule has 102 valence electrons. The summed E-state index contributed by atoms with van der Waals surface area (Å²) in [5.41, 5.74) is 3.04. The number of nitrogens with two attached hydrogens (primary N) is 1. The fraction of sp³-hybridized carbons (Fsp3) is 0.300. The van der Waals surface area contributed by atoms with Gasteiger partial charge in [-0.05, 0) is 12.1 Å². The van der Waals surface area contributed by atoms with Crippen LogP contribution < -0.4 is 5.73 Å². The Morgan fingerprint density at radius 2 is 1.94 bits per heavy atom. The Bertz CT molecular complexity index is 436. The summed E-state index contributed by atoms with van der Waals surface area (Å²) < 4.78 is 55.3. The van der Waals surface area contributed by atoms with Gasteiger partial charge in [0, 0.05) is 5.56 Å². The molecule has 0 fully saturated rings. The van der Waals surface area contributed by atoms with Gasteiger partial charge in [-0.2, -0.15) is 13.2 Å². The van der Waals surface area contributed by atoms with Crippen molar-refractivity contribution in [1.29, 1.82) is 0 Å². The highest BCUT2D eigenvalue weighted by molar-refractivity contribution is 5.85. The smallest absolute Gasteiger partial charge is 0.416 e. The molecule has 1 aromatic carbocycles. The van der Waals surface area contributed by atoms with E-state index in [1.54, 1.807) is 0 Å². The highest BCUT2D eigenvalue weighted by Gasteiger charge is 2.37. The third kappa shape index (κ3) is 3.33. The zero-order chi connectivity index (χ0) is 13.2. The maximum absolute atomic E-state index is 13.3. The number of benzene rings is 1. The minimum absolute atomic E-state index is 0. The molecule has 0 spiro atoms. The summed E-state index contributed by atoms with van der Waals surface area (Å²) >= 11 is 0. The average Bonchev–Trinajstić information content (AvgIpc) is 2.25. The van der Waals surface area contributed by atoms with E-state index in [1.807, 2.05) is 0 Å². The van der Waals surface area contributed by atoms with Crippen LogP contribution in [0.3, 0.4) is 0 Å². The van der Waals surface area contributed by atoms with Crippen LogP contribution in [-0.2, 0) is 15.7 Å². The summed E-state index contributed by atoms with van der Waals surface area (Å²) in [4.78, 5) is 11.1. The van der Waals surface area contributed by atoms with Crippen molar-refractivity contribution in [2.45, 2.75) is 12.2 Å². The van der Waals surface area contributed by atoms with Gasteiger partial charge in [-0.1, -0.05) is 6.07 Å². The summed E-state index contributed by atoms with van der Waals surface area (Å²) in [5.74, 6) is -2.33. The normalized spacial score (nSPS) is 12.6. The summed E-state index contributed by atoms with van der Waals surface area (Å²) in [6, 6.07) is 0.540. The molecule has 0 aromatic heterocycles. The van der Waals surface area contributed by atoms with Gasteiger partial charge >= 0.3 is 12.1 Å². The van der Waals surface area contributed by atoms with Gasteiger partial charge in [-0.15, -0.1) is 12.4 Å². The van der Waals surface area contributed by atoms with Crippen LogP contribution in [0, 0.1) is 5.82 Å². The number of esters is 1. The molecule has 0 saturated heterocycles. The second-order valence-electron chi connectivity index (χ2n) is 3.20. The van der Waals surface area contributed by atoms with E-state index in [9.17, 15) is 22.4 Å². The number of methoxy groups -OCH3 is 1. The molecule has 0 amide bonds. The van der Waals surface area contributed by atoms with Crippen LogP contribution in [0.4, 0.5) is 17.6 Å². The van der Waals surface area contributed by atoms with Crippen molar-refractivity contribution >= 4 is 18.4 Å². The van der Waals surface area contributed by atoms with Crippen LogP contribution in [0.5, 0.6) is 0 Å². The zero-order valence-corrected chi connectivity index (χ0v) is 9.94. The van der Waals surface area contributed by atoms with Crippen molar-refractivity contribution < 1.29 is 27.1 Å². The van der Waals surface area contributed by atoms with Crippen LogP contribution in [0.1, 0.15) is 17.2 Å². The largest absolute Gasteiger partial charge is 0.468 e. The zero-order valence-electron chi connectivity index (χ0n) is 9.12. The molecule has 1 rings (SSSR count). The van der Waals surface area contributed by atoms with Gasteiger partial charge < -0.3 is 10.5 Å². The predicted octanol–water partition coefficient (Wildman–Crippen LogP) is 2.44. The molecule has 18 heavy (non-hydrogen) atoms. The molecule has 2 N–H and O–H groups in total. The van der Waals surface area contributed by atoms with Crippen LogP contribution in [-0.4, -0.2) is 13.1 Å². The number of ether oxygens (including phenoxy) is 1. The highest BCUT2D eigenvalue weighted by Crippen LogP contribution is 2.35. The number of carbonyl (C=O) groups excluding carboxylic acids is 1. The maximum atomic E-state index is 13.3. The monoisotopic (exact) mass is 287 g/mol. The highest BCUT2D eigenvalue weighted by atomic mass is 35.5. The van der Waals surface area contributed by atoms with E-state index < -0.39 is 35.1 Å². The van der Waals surface area contributed by atoms with Gasteiger partial charge in [0.1, 0.15) is 11.9 Å². The third-order valence-corrected chi connectivity index (χ3v) is 2.12. The van der Waals surface area contributed by atoms with Crippen LogP contribution in [0.15, 0.2) is 18.2 Å². The molecular formula is C10H10ClF4NO2. The Kier molecular flexibility index (Phi) is 5.56. The minimum Gasteiger partial charge on any atom is -0.468 e. The van der Waals surface area contributed by atoms with Crippen LogP contribution >= 0.6 is 12.4 Å². The van der Waals surface area contributed by atoms with Gasteiger partial charge in [0.2, 0.25) is 0 Å². The number of hydrogen-bond donors (Lipinski definition) is 1. The lowest BCUT2D eigenvalue weighted by Gasteiger charge is -2.17. The lowest BCUT2D eigenvalue weighted by molar-refractivity contribution is -0.144. The maximum Gasteiger partial charge on any atom is 0.416 e. The first-order valence-electron chi connectivity index (χ1n) is 4.48. The standard InChI is InChI=1S/C10H9F4NO2.ClH/c1-17-9(16)8(15)7-5(10(12,13)14)3-2-4-6(7)11;/h2-4,8H,15H2,1H3;1H/t8-;/m1./s1. The summed E-state index contributed by atoms with van der Waals surface area (Å²) in [6.45, 7) is 0. The van der Waals surface area contributed by atoms with Gasteiger partial charge in [-0.25, -0.2) is 4.39 Å². The van der Waals surface area contributed by atoms with Crippen molar-refractivity contribution in [3.63, 3.8) is 0 Å². The number of hydrogen-bond acceptors (Lipinski definition) is 3. The minimum atomic E-state index is -4.79. The van der Waals surface area contributed by atoms with E-state index >= 15 is 0 Å². The molecule has 1 atom stereocenters. The van der Waals surface area contributed by atoms with E-state index in [2.05, 4.69) is 4.74 Å². The molecule has 0 aliphatic rings. The van der Waals surface area contributed by atoms with E-state index in [0.717, 1.165) is 19.2 Å². The quantitative estimate of drug-likeness (QED) is 0.671. The summed E-state index contributed by atoms with van der Waals surface area (Å²) in [6.07, 6.45) is -4.79. The van der Waals surface area contributed by atoms with Crippen molar-refractivity contribution in [3.05, 3.63) is 35.1 Å². The second-order valence-corrected chi connectivity index (χ2v) is 3.20. The molecular weight excluding hydrogens is 278 g/mol. The van der Waals surface area contributed by atoms with Crippen LogP contribution in [0.25, 0.3) is 0 Å². The topological polar surface area (TPSA) is 52.3 Å². The Morgan fingerprint density at radius 1 is 1.39 bits per heavy atom. The predicted molar refractivity (Wildman–Crippen MR) is 57.6 cm³/mol. The van der Waals surface area contributed by atoms with Crippen molar-refractivity contribution in [1.82, 2.24) is 0 Å². The fourth-order valence-electron chi connectivity index (χ4n) is 1.35. The van der Waals surface area contributed by atoms with Crippen molar-refractivity contribution in [2.75, 3.05) is 7.11 Å². The number of carbonyl (C=O) groups is 1. The van der Waals surface area contributed by atoms with Gasteiger partial charge in [0.05, 0.1) is 12.7 Å². The fourth-order valence-corrected chi connectivity index (χ4v) is 1.35. The molecule has 1 aromatic rings. The molecule has 0 saturated carbocycles. The molecule has 0 bridgehead atoms. The lowest BCUT2D eigenvalue weighted by Crippen LogP contribution is -2.27. The summed E-state index contributed by atoms with van der Waals surface area (Å²) in [7, 11) is 0.955. The lowest BCUT2D eigenvalue weighted by atomic mass is 10.00. The van der Waals surface area contributed by atoms with Gasteiger partial charge in [0.15, 0.2) is 0 Å². The molecule has 0 radical (unpaired) electrons.